The Labute approximate surface area is 443 Å². The van der Waals surface area contributed by atoms with Gasteiger partial charge >= 0.3 is 5.97 Å². The topological polar surface area (TPSA) is 95.9 Å². The van der Waals surface area contributed by atoms with Gasteiger partial charge in [0, 0.05) is 12.8 Å². The van der Waals surface area contributed by atoms with Crippen molar-refractivity contribution in [1.29, 1.82) is 0 Å². The summed E-state index contributed by atoms with van der Waals surface area (Å²) >= 11 is 0. The van der Waals surface area contributed by atoms with Gasteiger partial charge in [-0.2, -0.15) is 0 Å². The molecule has 6 heteroatoms. The molecule has 0 aromatic carbocycles. The van der Waals surface area contributed by atoms with Crippen LogP contribution < -0.4 is 5.32 Å². The number of carbonyl (C=O) groups excluding carboxylic acids is 2. The van der Waals surface area contributed by atoms with Crippen molar-refractivity contribution in [3.63, 3.8) is 0 Å². The van der Waals surface area contributed by atoms with Crippen molar-refractivity contribution in [2.45, 2.75) is 353 Å². The first-order valence-corrected chi connectivity index (χ1v) is 31.7. The van der Waals surface area contributed by atoms with Crippen LogP contribution in [0.3, 0.4) is 0 Å². The van der Waals surface area contributed by atoms with E-state index in [0.717, 1.165) is 77.0 Å². The van der Waals surface area contributed by atoms with Crippen LogP contribution in [-0.4, -0.2) is 47.4 Å². The summed E-state index contributed by atoms with van der Waals surface area (Å²) in [7, 11) is 0. The first-order valence-electron chi connectivity index (χ1n) is 31.7. The molecule has 0 aliphatic carbocycles. The van der Waals surface area contributed by atoms with E-state index in [-0.39, 0.29) is 18.5 Å². The van der Waals surface area contributed by atoms with Crippen LogP contribution in [-0.2, 0) is 14.3 Å². The van der Waals surface area contributed by atoms with Gasteiger partial charge in [0.15, 0.2) is 0 Å². The highest BCUT2D eigenvalue weighted by atomic mass is 16.5. The third-order valence-electron chi connectivity index (χ3n) is 14.7. The largest absolute Gasteiger partial charge is 0.466 e. The summed E-state index contributed by atoms with van der Waals surface area (Å²) in [5, 5.41) is 23.4. The van der Waals surface area contributed by atoms with Crippen molar-refractivity contribution < 1.29 is 24.5 Å². The first-order chi connectivity index (χ1) is 35.0. The molecule has 0 radical (unpaired) electrons. The molecule has 0 saturated carbocycles. The lowest BCUT2D eigenvalue weighted by Gasteiger charge is -2.22. The molecule has 0 aromatic heterocycles. The SMILES string of the molecule is CCCCC/C=C\C/C=C\CCCCCCCCCCCC(=O)OCCCCCC/C=C\CCCCCCCCCC(=O)NC(CO)C(O)CCCCCCCCCCCCCCCCCCCCCC. The van der Waals surface area contributed by atoms with Crippen LogP contribution in [0.25, 0.3) is 0 Å². The molecular weight excluding hydrogens is 875 g/mol. The number of nitrogens with one attached hydrogen (secondary N) is 1. The van der Waals surface area contributed by atoms with Gasteiger partial charge in [-0.15, -0.1) is 0 Å². The standard InChI is InChI=1S/C65H123NO5/c1-3-5-7-9-11-13-15-17-19-21-23-25-26-29-33-37-41-45-49-53-57-63(68)62(61-67)66-64(69)58-54-50-46-42-38-34-30-28-32-36-40-44-48-52-56-60-71-65(70)59-55-51-47-43-39-35-31-27-24-22-20-18-16-14-12-10-8-6-4-2/h12,14,18,20,32,36,62-63,67-68H,3-11,13,15-17,19,21-31,33-35,37-61H2,1-2H3,(H,66,69)/b14-12-,20-18-,36-32-. The smallest absolute Gasteiger partial charge is 0.305 e. The Morgan fingerprint density at radius 3 is 1.11 bits per heavy atom. The summed E-state index contributed by atoms with van der Waals surface area (Å²) in [6.07, 6.45) is 75.8. The maximum atomic E-state index is 12.5. The Kier molecular flexibility index (Phi) is 59.0. The highest BCUT2D eigenvalue weighted by Gasteiger charge is 2.20. The Hall–Kier alpha value is -1.92. The van der Waals surface area contributed by atoms with Crippen molar-refractivity contribution in [1.82, 2.24) is 5.32 Å². The minimum Gasteiger partial charge on any atom is -0.466 e. The molecule has 0 aliphatic heterocycles. The second-order valence-electron chi connectivity index (χ2n) is 21.7. The Bertz CT molecular complexity index is 1150. The van der Waals surface area contributed by atoms with E-state index in [4.69, 9.17) is 4.74 Å². The highest BCUT2D eigenvalue weighted by Crippen LogP contribution is 2.18. The highest BCUT2D eigenvalue weighted by molar-refractivity contribution is 5.76. The van der Waals surface area contributed by atoms with Crippen LogP contribution in [0.5, 0.6) is 0 Å². The molecule has 71 heavy (non-hydrogen) atoms. The van der Waals surface area contributed by atoms with E-state index in [2.05, 4.69) is 55.6 Å². The zero-order valence-corrected chi connectivity index (χ0v) is 47.7. The van der Waals surface area contributed by atoms with Crippen molar-refractivity contribution in [3.05, 3.63) is 36.5 Å². The van der Waals surface area contributed by atoms with Gasteiger partial charge in [-0.05, 0) is 83.5 Å². The number of hydrogen-bond donors (Lipinski definition) is 3. The number of rotatable bonds is 59. The van der Waals surface area contributed by atoms with Crippen molar-refractivity contribution in [3.8, 4) is 0 Å². The van der Waals surface area contributed by atoms with Gasteiger partial charge in [-0.3, -0.25) is 9.59 Å². The monoisotopic (exact) mass is 998 g/mol. The summed E-state index contributed by atoms with van der Waals surface area (Å²) in [4.78, 5) is 24.6. The Morgan fingerprint density at radius 2 is 0.704 bits per heavy atom. The molecule has 0 heterocycles. The molecule has 0 saturated heterocycles. The van der Waals surface area contributed by atoms with Crippen molar-refractivity contribution in [2.75, 3.05) is 13.2 Å². The predicted molar refractivity (Wildman–Crippen MR) is 310 cm³/mol. The predicted octanol–water partition coefficient (Wildman–Crippen LogP) is 20.0. The van der Waals surface area contributed by atoms with E-state index in [0.29, 0.717) is 25.9 Å². The van der Waals surface area contributed by atoms with Crippen molar-refractivity contribution >= 4 is 11.9 Å². The average molecular weight is 999 g/mol. The number of aliphatic hydroxyl groups is 2. The molecule has 6 nitrogen and oxygen atoms in total. The first kappa shape index (κ1) is 69.1. The number of unbranched alkanes of at least 4 members (excludes halogenated alkanes) is 42. The maximum Gasteiger partial charge on any atom is 0.305 e. The molecule has 0 spiro atoms. The van der Waals surface area contributed by atoms with E-state index >= 15 is 0 Å². The number of allylic oxidation sites excluding steroid dienone is 6. The van der Waals surface area contributed by atoms with Crippen LogP contribution in [0.1, 0.15) is 341 Å². The van der Waals surface area contributed by atoms with Gasteiger partial charge in [0.2, 0.25) is 5.91 Å². The second kappa shape index (κ2) is 60.6. The van der Waals surface area contributed by atoms with Crippen LogP contribution in [0.2, 0.25) is 0 Å². The third-order valence-corrected chi connectivity index (χ3v) is 14.7. The molecule has 0 aliphatic rings. The minimum atomic E-state index is -0.676. The fraction of sp³-hybridized carbons (Fsp3) is 0.877. The second-order valence-corrected chi connectivity index (χ2v) is 21.7. The molecule has 0 fully saturated rings. The summed E-state index contributed by atoms with van der Waals surface area (Å²) in [5.41, 5.74) is 0. The van der Waals surface area contributed by atoms with Crippen LogP contribution in [0.15, 0.2) is 36.5 Å². The van der Waals surface area contributed by atoms with Crippen LogP contribution in [0.4, 0.5) is 0 Å². The van der Waals surface area contributed by atoms with Crippen molar-refractivity contribution in [2.24, 2.45) is 0 Å². The van der Waals surface area contributed by atoms with E-state index in [1.54, 1.807) is 0 Å². The summed E-state index contributed by atoms with van der Waals surface area (Å²) in [6, 6.07) is -0.555. The van der Waals surface area contributed by atoms with E-state index < -0.39 is 12.1 Å². The number of carbonyl (C=O) groups is 2. The van der Waals surface area contributed by atoms with Gasteiger partial charge < -0.3 is 20.3 Å². The number of hydrogen-bond acceptors (Lipinski definition) is 5. The number of esters is 1. The molecule has 0 bridgehead atoms. The van der Waals surface area contributed by atoms with E-state index in [9.17, 15) is 19.8 Å². The summed E-state index contributed by atoms with van der Waals surface area (Å²) in [5.74, 6) is -0.0610. The molecule has 0 rings (SSSR count). The fourth-order valence-electron chi connectivity index (χ4n) is 9.78. The normalized spacial score (nSPS) is 12.8. The lowest BCUT2D eigenvalue weighted by molar-refractivity contribution is -0.143. The zero-order chi connectivity index (χ0) is 51.4. The molecular formula is C65H123NO5. The van der Waals surface area contributed by atoms with Crippen LogP contribution >= 0.6 is 0 Å². The number of aliphatic hydroxyl groups excluding tert-OH is 2. The van der Waals surface area contributed by atoms with Gasteiger partial charge in [-0.1, -0.05) is 281 Å². The Morgan fingerprint density at radius 1 is 0.394 bits per heavy atom. The number of amides is 1. The van der Waals surface area contributed by atoms with Gasteiger partial charge in [0.1, 0.15) is 0 Å². The third kappa shape index (κ3) is 57.2. The van der Waals surface area contributed by atoms with E-state index in [1.165, 1.54) is 231 Å². The zero-order valence-electron chi connectivity index (χ0n) is 47.7. The lowest BCUT2D eigenvalue weighted by Crippen LogP contribution is -2.45. The van der Waals surface area contributed by atoms with Crippen LogP contribution in [0, 0.1) is 0 Å². The minimum absolute atomic E-state index is 0.0133. The molecule has 3 N–H and O–H groups in total. The molecule has 1 amide bonds. The summed E-state index contributed by atoms with van der Waals surface area (Å²) in [6.45, 7) is 4.91. The van der Waals surface area contributed by atoms with Gasteiger partial charge in [-0.25, -0.2) is 0 Å². The fourth-order valence-corrected chi connectivity index (χ4v) is 9.78. The molecule has 2 atom stereocenters. The molecule has 0 aromatic rings. The average Bonchev–Trinajstić information content (AvgIpc) is 3.37. The lowest BCUT2D eigenvalue weighted by atomic mass is 10.0. The van der Waals surface area contributed by atoms with Gasteiger partial charge in [0.25, 0.3) is 0 Å². The van der Waals surface area contributed by atoms with Gasteiger partial charge in [0.05, 0.1) is 25.4 Å². The number of ether oxygens (including phenoxy) is 1. The Balaban J connectivity index is 3.46. The molecule has 2 unspecified atom stereocenters. The quantitative estimate of drug-likeness (QED) is 0.0321. The summed E-state index contributed by atoms with van der Waals surface area (Å²) < 4.78 is 5.48. The molecule has 418 valence electrons. The maximum absolute atomic E-state index is 12.5. The van der Waals surface area contributed by atoms with E-state index in [1.807, 2.05) is 0 Å².